The lowest BCUT2D eigenvalue weighted by atomic mass is 10.0. The Morgan fingerprint density at radius 3 is 2.03 bits per heavy atom. The molecule has 2 unspecified atom stereocenters. The topological polar surface area (TPSA) is 20.3 Å². The van der Waals surface area contributed by atoms with Crippen LogP contribution in [0.25, 0.3) is 0 Å². The van der Waals surface area contributed by atoms with Gasteiger partial charge in [-0.2, -0.15) is 0 Å². The number of hydrogen-bond donors (Lipinski definition) is 0. The molecular formula is C27H37NO. The van der Waals surface area contributed by atoms with Crippen LogP contribution in [0.1, 0.15) is 75.8 Å². The summed E-state index contributed by atoms with van der Waals surface area (Å²) in [5.74, 6) is 0.428. The van der Waals surface area contributed by atoms with E-state index in [2.05, 4.69) is 66.4 Å². The van der Waals surface area contributed by atoms with Gasteiger partial charge in [-0.3, -0.25) is 9.69 Å². The largest absolute Gasteiger partial charge is 0.298 e. The number of Topliss-reactive ketones (excluding diaryl/α,β-unsaturated/α-hetero) is 1. The van der Waals surface area contributed by atoms with Crippen molar-refractivity contribution in [3.63, 3.8) is 0 Å². The molecule has 2 aromatic rings. The molecule has 0 radical (unpaired) electrons. The zero-order valence-electron chi connectivity index (χ0n) is 18.1. The van der Waals surface area contributed by atoms with Crippen LogP contribution in [0.2, 0.25) is 0 Å². The van der Waals surface area contributed by atoms with E-state index in [1.165, 1.54) is 56.1 Å². The predicted octanol–water partition coefficient (Wildman–Crippen LogP) is 6.58. The highest BCUT2D eigenvalue weighted by Crippen LogP contribution is 2.29. The summed E-state index contributed by atoms with van der Waals surface area (Å²) in [7, 11) is 0. The Morgan fingerprint density at radius 1 is 0.793 bits per heavy atom. The molecule has 1 aliphatic heterocycles. The summed E-state index contributed by atoms with van der Waals surface area (Å²) < 4.78 is 0. The average Bonchev–Trinajstić information content (AvgIpc) is 3.03. The monoisotopic (exact) mass is 391 g/mol. The molecule has 0 bridgehead atoms. The number of benzene rings is 2. The highest BCUT2D eigenvalue weighted by atomic mass is 16.1. The lowest BCUT2D eigenvalue weighted by Crippen LogP contribution is -2.38. The van der Waals surface area contributed by atoms with Crippen LogP contribution in [-0.2, 0) is 17.8 Å². The molecule has 0 saturated carbocycles. The molecule has 2 atom stereocenters. The third-order valence-electron chi connectivity index (χ3n) is 6.30. The van der Waals surface area contributed by atoms with E-state index in [4.69, 9.17) is 0 Å². The highest BCUT2D eigenvalue weighted by Gasteiger charge is 2.39. The Balaban J connectivity index is 1.60. The Morgan fingerprint density at radius 2 is 1.38 bits per heavy atom. The number of unbranched alkanes of at least 4 members (excludes halogenated alkanes) is 6. The molecule has 1 heterocycles. The number of hydrogen-bond acceptors (Lipinski definition) is 2. The maximum absolute atomic E-state index is 13.0. The van der Waals surface area contributed by atoms with E-state index in [1.807, 2.05) is 6.07 Å². The van der Waals surface area contributed by atoms with Crippen LogP contribution in [0, 0.1) is 0 Å². The van der Waals surface area contributed by atoms with Crippen LogP contribution in [0.4, 0.5) is 0 Å². The highest BCUT2D eigenvalue weighted by molar-refractivity contribution is 5.87. The first-order valence-electron chi connectivity index (χ1n) is 11.6. The molecule has 0 N–H and O–H groups in total. The number of likely N-dealkylation sites (tertiary alicyclic amines) is 1. The first-order valence-corrected chi connectivity index (χ1v) is 11.6. The van der Waals surface area contributed by atoms with Crippen molar-refractivity contribution in [3.05, 3.63) is 71.8 Å². The van der Waals surface area contributed by atoms with Crippen molar-refractivity contribution in [1.29, 1.82) is 0 Å². The molecule has 2 heteroatoms. The van der Waals surface area contributed by atoms with Gasteiger partial charge in [0.25, 0.3) is 0 Å². The molecule has 3 rings (SSSR count). The number of nitrogens with zero attached hydrogens (tertiary/aromatic N) is 1. The molecule has 0 amide bonds. The Kier molecular flexibility index (Phi) is 8.95. The van der Waals surface area contributed by atoms with E-state index in [0.717, 1.165) is 25.8 Å². The van der Waals surface area contributed by atoms with Gasteiger partial charge in [0.15, 0.2) is 5.78 Å². The number of carbonyl (C=O) groups excluding carboxylic acids is 1. The van der Waals surface area contributed by atoms with E-state index < -0.39 is 0 Å². The van der Waals surface area contributed by atoms with Crippen molar-refractivity contribution in [3.8, 4) is 0 Å². The fourth-order valence-corrected chi connectivity index (χ4v) is 4.63. The minimum Gasteiger partial charge on any atom is -0.298 e. The molecule has 0 aromatic heterocycles. The second kappa shape index (κ2) is 11.9. The minimum absolute atomic E-state index is 0.0205. The van der Waals surface area contributed by atoms with Crippen LogP contribution in [0.5, 0.6) is 0 Å². The van der Waals surface area contributed by atoms with Gasteiger partial charge < -0.3 is 0 Å². The first-order chi connectivity index (χ1) is 14.3. The number of carbonyl (C=O) groups is 1. The lowest BCUT2D eigenvalue weighted by molar-refractivity contribution is -0.120. The summed E-state index contributed by atoms with van der Waals surface area (Å²) in [5.41, 5.74) is 2.57. The maximum atomic E-state index is 13.0. The molecule has 0 spiro atoms. The van der Waals surface area contributed by atoms with Crippen LogP contribution < -0.4 is 0 Å². The Hall–Kier alpha value is -1.93. The third-order valence-corrected chi connectivity index (χ3v) is 6.30. The second-order valence-corrected chi connectivity index (χ2v) is 8.60. The first kappa shape index (κ1) is 21.8. The molecule has 29 heavy (non-hydrogen) atoms. The van der Waals surface area contributed by atoms with Crippen molar-refractivity contribution in [2.75, 3.05) is 0 Å². The Bertz CT molecular complexity index is 712. The number of ketones is 1. The zero-order chi connectivity index (χ0) is 20.3. The standard InChI is InChI=1S/C27H37NO/c1-2-3-4-5-6-7-14-19-25-21-27(29)26(20-23-15-10-8-11-16-23)28(25)22-24-17-12-9-13-18-24/h8-13,15-18,25-26H,2-7,14,19-22H2,1H3. The summed E-state index contributed by atoms with van der Waals surface area (Å²) in [6, 6.07) is 21.6. The van der Waals surface area contributed by atoms with E-state index in [-0.39, 0.29) is 6.04 Å². The van der Waals surface area contributed by atoms with E-state index in [0.29, 0.717) is 11.8 Å². The van der Waals surface area contributed by atoms with Crippen LogP contribution >= 0.6 is 0 Å². The SMILES string of the molecule is CCCCCCCCCC1CC(=O)C(Cc2ccccc2)N1Cc1ccccc1. The number of rotatable bonds is 12. The van der Waals surface area contributed by atoms with Crippen molar-refractivity contribution in [2.24, 2.45) is 0 Å². The van der Waals surface area contributed by atoms with Gasteiger partial charge in [-0.15, -0.1) is 0 Å². The van der Waals surface area contributed by atoms with Gasteiger partial charge in [-0.25, -0.2) is 0 Å². The van der Waals surface area contributed by atoms with Crippen LogP contribution in [0.3, 0.4) is 0 Å². The van der Waals surface area contributed by atoms with E-state index in [1.54, 1.807) is 0 Å². The predicted molar refractivity (Wildman–Crippen MR) is 122 cm³/mol. The van der Waals surface area contributed by atoms with Gasteiger partial charge in [-0.05, 0) is 24.0 Å². The second-order valence-electron chi connectivity index (χ2n) is 8.60. The van der Waals surface area contributed by atoms with Crippen molar-refractivity contribution < 1.29 is 4.79 Å². The summed E-state index contributed by atoms with van der Waals surface area (Å²) in [4.78, 5) is 15.5. The summed E-state index contributed by atoms with van der Waals surface area (Å²) in [5, 5.41) is 0. The van der Waals surface area contributed by atoms with Gasteiger partial charge in [0.1, 0.15) is 0 Å². The van der Waals surface area contributed by atoms with Crippen molar-refractivity contribution >= 4 is 5.78 Å². The Labute approximate surface area is 177 Å². The van der Waals surface area contributed by atoms with E-state index >= 15 is 0 Å². The quantitative estimate of drug-likeness (QED) is 0.381. The molecule has 2 aromatic carbocycles. The summed E-state index contributed by atoms with van der Waals surface area (Å²) >= 11 is 0. The summed E-state index contributed by atoms with van der Waals surface area (Å²) in [6.07, 6.45) is 12.0. The van der Waals surface area contributed by atoms with Gasteiger partial charge in [-0.1, -0.05) is 113 Å². The molecule has 2 nitrogen and oxygen atoms in total. The molecular weight excluding hydrogens is 354 g/mol. The fraction of sp³-hybridized carbons (Fsp3) is 0.519. The molecule has 156 valence electrons. The van der Waals surface area contributed by atoms with Crippen LogP contribution in [-0.4, -0.2) is 22.8 Å². The molecule has 0 aliphatic carbocycles. The fourth-order valence-electron chi connectivity index (χ4n) is 4.63. The average molecular weight is 392 g/mol. The van der Waals surface area contributed by atoms with E-state index in [9.17, 15) is 4.79 Å². The third kappa shape index (κ3) is 6.82. The van der Waals surface area contributed by atoms with Crippen molar-refractivity contribution in [1.82, 2.24) is 4.90 Å². The normalized spacial score (nSPS) is 19.7. The smallest absolute Gasteiger partial charge is 0.151 e. The summed E-state index contributed by atoms with van der Waals surface area (Å²) in [6.45, 7) is 3.15. The molecule has 1 saturated heterocycles. The van der Waals surface area contributed by atoms with Gasteiger partial charge in [0, 0.05) is 19.0 Å². The van der Waals surface area contributed by atoms with Crippen molar-refractivity contribution in [2.45, 2.75) is 89.8 Å². The lowest BCUT2D eigenvalue weighted by Gasteiger charge is -2.29. The van der Waals surface area contributed by atoms with Gasteiger partial charge >= 0.3 is 0 Å². The van der Waals surface area contributed by atoms with Gasteiger partial charge in [0.05, 0.1) is 6.04 Å². The maximum Gasteiger partial charge on any atom is 0.151 e. The van der Waals surface area contributed by atoms with Gasteiger partial charge in [0.2, 0.25) is 0 Å². The zero-order valence-corrected chi connectivity index (χ0v) is 18.1. The molecule has 1 fully saturated rings. The minimum atomic E-state index is 0.0205. The van der Waals surface area contributed by atoms with Crippen LogP contribution in [0.15, 0.2) is 60.7 Å². The molecule has 1 aliphatic rings.